The highest BCUT2D eigenvalue weighted by atomic mass is 16.2. The van der Waals surface area contributed by atoms with Crippen LogP contribution in [0.4, 0.5) is 5.69 Å². The molecule has 6 heteroatoms. The molecule has 0 aromatic heterocycles. The van der Waals surface area contributed by atoms with Crippen LogP contribution in [0, 0.1) is 11.3 Å². The summed E-state index contributed by atoms with van der Waals surface area (Å²) in [6.45, 7) is 3.59. The van der Waals surface area contributed by atoms with Gasteiger partial charge in [0.25, 0.3) is 11.8 Å². The fourth-order valence-electron chi connectivity index (χ4n) is 1.46. The minimum Gasteiger partial charge on any atom is -0.366 e. The van der Waals surface area contributed by atoms with Gasteiger partial charge in [0.1, 0.15) is 11.6 Å². The lowest BCUT2D eigenvalue weighted by molar-refractivity contribution is -0.117. The molecule has 0 unspecified atom stereocenters. The fourth-order valence-corrected chi connectivity index (χ4v) is 1.46. The Bertz CT molecular complexity index is 585. The Balaban J connectivity index is 2.93. The van der Waals surface area contributed by atoms with Crippen molar-refractivity contribution < 1.29 is 9.59 Å². The van der Waals surface area contributed by atoms with Crippen LogP contribution in [0.2, 0.25) is 0 Å². The highest BCUT2D eigenvalue weighted by Crippen LogP contribution is 2.14. The quantitative estimate of drug-likeness (QED) is 0.551. The minimum atomic E-state index is -0.591. The van der Waals surface area contributed by atoms with E-state index in [9.17, 15) is 9.59 Å². The third-order valence-electron chi connectivity index (χ3n) is 2.35. The number of rotatable bonds is 5. The molecule has 0 aliphatic heterocycles. The number of hydrogen-bond acceptors (Lipinski definition) is 4. The number of amides is 2. The van der Waals surface area contributed by atoms with Gasteiger partial charge >= 0.3 is 0 Å². The largest absolute Gasteiger partial charge is 0.366 e. The maximum Gasteiger partial charge on any atom is 0.263 e. The predicted molar refractivity (Wildman–Crippen MR) is 75.6 cm³/mol. The summed E-state index contributed by atoms with van der Waals surface area (Å²) in [7, 11) is 0. The highest BCUT2D eigenvalue weighted by molar-refractivity contribution is 6.00. The molecule has 2 amide bonds. The van der Waals surface area contributed by atoms with E-state index in [1.54, 1.807) is 44.2 Å². The van der Waals surface area contributed by atoms with E-state index in [4.69, 9.17) is 11.0 Å². The topological polar surface area (TPSA) is 108 Å². The van der Waals surface area contributed by atoms with Crippen LogP contribution in [0.15, 0.2) is 36.0 Å². The van der Waals surface area contributed by atoms with E-state index in [-0.39, 0.29) is 17.2 Å². The van der Waals surface area contributed by atoms with E-state index < -0.39 is 11.8 Å². The molecule has 0 radical (unpaired) electrons. The number of nitriles is 1. The zero-order valence-corrected chi connectivity index (χ0v) is 11.3. The second kappa shape index (κ2) is 6.95. The SMILES string of the molecule is CC(C)NC(=O)/C(C#N)=C\Nc1ccccc1C(N)=O. The van der Waals surface area contributed by atoms with Gasteiger partial charge in [-0.25, -0.2) is 0 Å². The number of nitrogens with two attached hydrogens (primary N) is 1. The van der Waals surface area contributed by atoms with Crippen LogP contribution in [0.3, 0.4) is 0 Å². The fraction of sp³-hybridized carbons (Fsp3) is 0.214. The van der Waals surface area contributed by atoms with Crippen LogP contribution in [-0.4, -0.2) is 17.9 Å². The second-order valence-corrected chi connectivity index (χ2v) is 4.35. The maximum absolute atomic E-state index is 11.7. The number of para-hydroxylation sites is 1. The summed E-state index contributed by atoms with van der Waals surface area (Å²) in [5, 5.41) is 14.3. The van der Waals surface area contributed by atoms with Gasteiger partial charge in [0, 0.05) is 12.2 Å². The first-order valence-electron chi connectivity index (χ1n) is 6.02. The van der Waals surface area contributed by atoms with Crippen molar-refractivity contribution in [1.29, 1.82) is 5.26 Å². The van der Waals surface area contributed by atoms with Crippen LogP contribution in [0.25, 0.3) is 0 Å². The Morgan fingerprint density at radius 1 is 1.35 bits per heavy atom. The summed E-state index contributed by atoms with van der Waals surface area (Å²) in [5.74, 6) is -1.07. The zero-order valence-electron chi connectivity index (χ0n) is 11.3. The first-order chi connectivity index (χ1) is 9.45. The maximum atomic E-state index is 11.7. The predicted octanol–water partition coefficient (Wildman–Crippen LogP) is 1.13. The molecule has 0 spiro atoms. The summed E-state index contributed by atoms with van der Waals surface area (Å²) in [4.78, 5) is 22.9. The summed E-state index contributed by atoms with van der Waals surface area (Å²) in [5.41, 5.74) is 5.87. The number of benzene rings is 1. The molecule has 0 fully saturated rings. The summed E-state index contributed by atoms with van der Waals surface area (Å²) < 4.78 is 0. The molecule has 0 heterocycles. The van der Waals surface area contributed by atoms with Gasteiger partial charge in [-0.05, 0) is 26.0 Å². The molecule has 0 bridgehead atoms. The van der Waals surface area contributed by atoms with Crippen molar-refractivity contribution in [3.8, 4) is 6.07 Å². The lowest BCUT2D eigenvalue weighted by atomic mass is 10.1. The van der Waals surface area contributed by atoms with Gasteiger partial charge < -0.3 is 16.4 Å². The number of primary amides is 1. The van der Waals surface area contributed by atoms with Crippen LogP contribution < -0.4 is 16.4 Å². The van der Waals surface area contributed by atoms with Crippen molar-refractivity contribution in [3.05, 3.63) is 41.6 Å². The lowest BCUT2D eigenvalue weighted by Gasteiger charge is -2.09. The number of nitrogens with zero attached hydrogens (tertiary/aromatic N) is 1. The van der Waals surface area contributed by atoms with E-state index in [1.165, 1.54) is 6.20 Å². The molecule has 0 aliphatic rings. The van der Waals surface area contributed by atoms with Gasteiger partial charge in [0.15, 0.2) is 0 Å². The summed E-state index contributed by atoms with van der Waals surface area (Å²) in [6, 6.07) is 8.29. The molecule has 0 atom stereocenters. The van der Waals surface area contributed by atoms with Gasteiger partial charge in [-0.3, -0.25) is 9.59 Å². The lowest BCUT2D eigenvalue weighted by Crippen LogP contribution is -2.31. The van der Waals surface area contributed by atoms with Crippen LogP contribution >= 0.6 is 0 Å². The number of nitrogens with one attached hydrogen (secondary N) is 2. The standard InChI is InChI=1S/C14H16N4O2/c1-9(2)18-14(20)10(7-15)8-17-12-6-4-3-5-11(12)13(16)19/h3-6,8-9,17H,1-2H3,(H2,16,19)(H,18,20)/b10-8-. The van der Waals surface area contributed by atoms with Crippen molar-refractivity contribution in [2.24, 2.45) is 5.73 Å². The van der Waals surface area contributed by atoms with E-state index in [1.807, 2.05) is 0 Å². The molecule has 0 saturated carbocycles. The monoisotopic (exact) mass is 272 g/mol. The number of anilines is 1. The summed E-state index contributed by atoms with van der Waals surface area (Å²) >= 11 is 0. The van der Waals surface area contributed by atoms with Gasteiger partial charge in [-0.1, -0.05) is 12.1 Å². The van der Waals surface area contributed by atoms with Crippen molar-refractivity contribution in [2.45, 2.75) is 19.9 Å². The number of hydrogen-bond donors (Lipinski definition) is 3. The Morgan fingerprint density at radius 3 is 2.55 bits per heavy atom. The Labute approximate surface area is 117 Å². The zero-order chi connectivity index (χ0) is 15.1. The van der Waals surface area contributed by atoms with Crippen LogP contribution in [-0.2, 0) is 4.79 Å². The van der Waals surface area contributed by atoms with Crippen LogP contribution in [0.1, 0.15) is 24.2 Å². The van der Waals surface area contributed by atoms with E-state index in [0.29, 0.717) is 5.69 Å². The first-order valence-corrected chi connectivity index (χ1v) is 6.02. The molecular weight excluding hydrogens is 256 g/mol. The molecule has 104 valence electrons. The van der Waals surface area contributed by atoms with Gasteiger partial charge in [-0.15, -0.1) is 0 Å². The van der Waals surface area contributed by atoms with Crippen molar-refractivity contribution >= 4 is 17.5 Å². The third-order valence-corrected chi connectivity index (χ3v) is 2.35. The number of carbonyl (C=O) groups excluding carboxylic acids is 2. The van der Waals surface area contributed by atoms with Gasteiger partial charge in [-0.2, -0.15) is 5.26 Å². The smallest absolute Gasteiger partial charge is 0.263 e. The van der Waals surface area contributed by atoms with Crippen molar-refractivity contribution in [1.82, 2.24) is 5.32 Å². The second-order valence-electron chi connectivity index (χ2n) is 4.35. The normalized spacial score (nSPS) is 10.8. The highest BCUT2D eigenvalue weighted by Gasteiger charge is 2.11. The minimum absolute atomic E-state index is 0.0721. The summed E-state index contributed by atoms with van der Waals surface area (Å²) in [6.07, 6.45) is 1.25. The average molecular weight is 272 g/mol. The van der Waals surface area contributed by atoms with Crippen LogP contribution in [0.5, 0.6) is 0 Å². The van der Waals surface area contributed by atoms with Gasteiger partial charge in [0.05, 0.1) is 11.3 Å². The Hall–Kier alpha value is -2.81. The van der Waals surface area contributed by atoms with E-state index >= 15 is 0 Å². The molecule has 0 saturated heterocycles. The average Bonchev–Trinajstić information content (AvgIpc) is 2.38. The molecule has 1 aromatic carbocycles. The first kappa shape index (κ1) is 15.2. The molecule has 20 heavy (non-hydrogen) atoms. The Morgan fingerprint density at radius 2 is 2.00 bits per heavy atom. The van der Waals surface area contributed by atoms with E-state index in [0.717, 1.165) is 0 Å². The molecule has 0 aliphatic carbocycles. The molecule has 1 rings (SSSR count). The molecule has 4 N–H and O–H groups in total. The molecular formula is C14H16N4O2. The number of carbonyl (C=O) groups is 2. The van der Waals surface area contributed by atoms with E-state index in [2.05, 4.69) is 10.6 Å². The molecule has 1 aromatic rings. The van der Waals surface area contributed by atoms with Crippen molar-refractivity contribution in [2.75, 3.05) is 5.32 Å². The molecule has 6 nitrogen and oxygen atoms in total. The van der Waals surface area contributed by atoms with Crippen molar-refractivity contribution in [3.63, 3.8) is 0 Å². The Kier molecular flexibility index (Phi) is 5.30. The van der Waals surface area contributed by atoms with Gasteiger partial charge in [0.2, 0.25) is 0 Å². The third kappa shape index (κ3) is 4.14.